The Labute approximate surface area is 394 Å². The number of tetrazole rings is 2. The Morgan fingerprint density at radius 2 is 1.17 bits per heavy atom. The maximum absolute atomic E-state index is 10.9. The van der Waals surface area contributed by atoms with Crippen molar-refractivity contribution in [2.75, 3.05) is 19.6 Å². The molecule has 0 aromatic carbocycles. The predicted molar refractivity (Wildman–Crippen MR) is 267 cm³/mol. The summed E-state index contributed by atoms with van der Waals surface area (Å²) < 4.78 is 33.1. The van der Waals surface area contributed by atoms with Gasteiger partial charge >= 0.3 is 0 Å². The number of ketones is 3. The maximum Gasteiger partial charge on any atom is 0.291 e. The third kappa shape index (κ3) is 35.5. The van der Waals surface area contributed by atoms with Gasteiger partial charge in [0.2, 0.25) is 7.37 Å². The third-order valence-corrected chi connectivity index (χ3v) is 13.4. The van der Waals surface area contributed by atoms with Crippen LogP contribution in [0, 0.1) is 11.3 Å². The van der Waals surface area contributed by atoms with Gasteiger partial charge in [0.1, 0.15) is 24.7 Å². The van der Waals surface area contributed by atoms with Crippen LogP contribution in [0.3, 0.4) is 0 Å². The smallest absolute Gasteiger partial charge is 0.291 e. The summed E-state index contributed by atoms with van der Waals surface area (Å²) in [5, 5.41) is 39.0. The first-order valence-corrected chi connectivity index (χ1v) is 25.1. The average Bonchev–Trinajstić information content (AvgIpc) is 3.82. The van der Waals surface area contributed by atoms with Crippen LogP contribution < -0.4 is 0 Å². The SMILES string of the molecule is C.CB(O)C(C)(C)C.CC(=O)C(C)(C)C.CC(=O)Cn1nnc(C(C)(C)C)n1.CC(=O)Cn1nnnc1C(C)(C)C.CC(C)(C)P(C)(=O)O.CC(C)(C)S(C)(=O)=O.CC(C)C1=NCN=N1. The Morgan fingerprint density at radius 1 is 0.785 bits per heavy atom. The van der Waals surface area contributed by atoms with Crippen molar-refractivity contribution in [2.45, 2.75) is 213 Å². The molecule has 22 heteroatoms. The second kappa shape index (κ2) is 28.7. The van der Waals surface area contributed by atoms with E-state index in [1.165, 1.54) is 31.6 Å². The summed E-state index contributed by atoms with van der Waals surface area (Å²) in [6.45, 7) is 46.8. The summed E-state index contributed by atoms with van der Waals surface area (Å²) in [5.74, 6) is 3.03. The van der Waals surface area contributed by atoms with Crippen LogP contribution in [0.2, 0.25) is 12.1 Å². The van der Waals surface area contributed by atoms with Gasteiger partial charge in [-0.1, -0.05) is 132 Å². The summed E-state index contributed by atoms with van der Waals surface area (Å²) in [4.78, 5) is 46.3. The average molecular weight is 964 g/mol. The van der Waals surface area contributed by atoms with E-state index in [0.29, 0.717) is 18.4 Å². The minimum Gasteiger partial charge on any atom is -0.450 e. The van der Waals surface area contributed by atoms with Crippen LogP contribution in [0.4, 0.5) is 0 Å². The van der Waals surface area contributed by atoms with E-state index in [9.17, 15) is 27.4 Å². The van der Waals surface area contributed by atoms with Crippen LogP contribution >= 0.6 is 7.37 Å². The second-order valence-electron chi connectivity index (χ2n) is 22.0. The Kier molecular flexibility index (Phi) is 31.2. The zero-order chi connectivity index (χ0) is 52.3. The molecule has 3 rings (SSSR count). The predicted octanol–water partition coefficient (Wildman–Crippen LogP) is 8.76. The third-order valence-electron chi connectivity index (χ3n) is 8.71. The largest absolute Gasteiger partial charge is 0.450 e. The van der Waals surface area contributed by atoms with Crippen LogP contribution in [0.1, 0.15) is 178 Å². The fourth-order valence-corrected chi connectivity index (χ4v) is 2.41. The Morgan fingerprint density at radius 3 is 1.37 bits per heavy atom. The van der Waals surface area contributed by atoms with Crippen LogP contribution in [-0.4, -0.2) is 118 Å². The monoisotopic (exact) mass is 964 g/mol. The van der Waals surface area contributed by atoms with Gasteiger partial charge in [-0.05, 0) is 62.5 Å². The molecule has 1 atom stereocenters. The number of amidine groups is 1. The van der Waals surface area contributed by atoms with Gasteiger partial charge in [0.15, 0.2) is 39.7 Å². The molecule has 0 aliphatic carbocycles. The van der Waals surface area contributed by atoms with Gasteiger partial charge in [0.05, 0.1) is 4.75 Å². The van der Waals surface area contributed by atoms with Crippen LogP contribution in [0.5, 0.6) is 0 Å². The van der Waals surface area contributed by atoms with E-state index in [1.54, 1.807) is 60.0 Å². The molecular formula is C43H91BN11O8PS. The maximum atomic E-state index is 10.9. The molecule has 65 heavy (non-hydrogen) atoms. The molecule has 0 radical (unpaired) electrons. The lowest BCUT2D eigenvalue weighted by molar-refractivity contribution is -0.124. The van der Waals surface area contributed by atoms with E-state index in [-0.39, 0.29) is 66.3 Å². The molecule has 19 nitrogen and oxygen atoms in total. The topological polar surface area (TPSA) is 267 Å². The number of carbonyl (C=O) groups excluding carboxylic acids is 3. The highest BCUT2D eigenvalue weighted by Crippen LogP contribution is 2.49. The Hall–Kier alpha value is -3.42. The van der Waals surface area contributed by atoms with Gasteiger partial charge in [-0.3, -0.25) is 18.9 Å². The molecule has 2 N–H and O–H groups in total. The van der Waals surface area contributed by atoms with E-state index in [0.717, 1.165) is 11.7 Å². The Balaban J connectivity index is -0.000000219. The fraction of sp³-hybridized carbons (Fsp3) is 0.860. The number of hydrogen-bond acceptors (Lipinski definition) is 16. The molecule has 0 bridgehead atoms. The van der Waals surface area contributed by atoms with Crippen molar-refractivity contribution in [1.29, 1.82) is 0 Å². The molecule has 0 fully saturated rings. The molecule has 2 aromatic heterocycles. The minimum absolute atomic E-state index is 0. The fourth-order valence-electron chi connectivity index (χ4n) is 2.41. The van der Waals surface area contributed by atoms with Gasteiger partial charge in [-0.15, -0.1) is 20.4 Å². The van der Waals surface area contributed by atoms with Crippen LogP contribution in [0.25, 0.3) is 0 Å². The summed E-state index contributed by atoms with van der Waals surface area (Å²) in [6.07, 6.45) is 1.24. The molecule has 0 saturated heterocycles. The number of carbonyl (C=O) groups is 3. The number of Topliss-reactive ketones (excluding diaryl/α,β-unsaturated/α-hetero) is 3. The lowest BCUT2D eigenvalue weighted by Gasteiger charge is -2.21. The summed E-state index contributed by atoms with van der Waals surface area (Å²) in [5.41, 5.74) is -0.381. The number of aliphatic imine (C=N–C) groups is 1. The van der Waals surface area contributed by atoms with E-state index in [1.807, 2.05) is 83.1 Å². The van der Waals surface area contributed by atoms with E-state index in [2.05, 4.69) is 60.0 Å². The second-order valence-corrected chi connectivity index (χ2v) is 27.9. The molecule has 0 amide bonds. The van der Waals surface area contributed by atoms with Crippen LogP contribution in [0.15, 0.2) is 15.2 Å². The van der Waals surface area contributed by atoms with Crippen molar-refractivity contribution in [3.05, 3.63) is 11.6 Å². The van der Waals surface area contributed by atoms with Crippen LogP contribution in [-0.2, 0) is 52.7 Å². The molecule has 1 aliphatic rings. The molecular weight excluding hydrogens is 872 g/mol. The first kappa shape index (κ1) is 70.6. The number of hydrogen-bond donors (Lipinski definition) is 2. The summed E-state index contributed by atoms with van der Waals surface area (Å²) >= 11 is 0. The van der Waals surface area contributed by atoms with Gasteiger partial charge < -0.3 is 9.92 Å². The summed E-state index contributed by atoms with van der Waals surface area (Å²) in [7, 11) is -5.69. The van der Waals surface area contributed by atoms with E-state index < -0.39 is 27.1 Å². The highest BCUT2D eigenvalue weighted by Gasteiger charge is 2.28. The van der Waals surface area contributed by atoms with Gasteiger partial charge in [0.25, 0.3) is 6.92 Å². The molecule has 380 valence electrons. The van der Waals surface area contributed by atoms with Gasteiger partial charge in [0, 0.05) is 40.2 Å². The van der Waals surface area contributed by atoms with E-state index >= 15 is 0 Å². The van der Waals surface area contributed by atoms with E-state index in [4.69, 9.17) is 9.92 Å². The highest BCUT2D eigenvalue weighted by molar-refractivity contribution is 7.92. The van der Waals surface area contributed by atoms with Gasteiger partial charge in [-0.2, -0.15) is 9.91 Å². The number of aromatic nitrogens is 8. The zero-order valence-electron chi connectivity index (χ0n) is 44.4. The van der Waals surface area contributed by atoms with Crippen molar-refractivity contribution in [2.24, 2.45) is 26.6 Å². The number of sulfone groups is 1. The lowest BCUT2D eigenvalue weighted by Crippen LogP contribution is -2.26. The first-order chi connectivity index (χ1) is 28.0. The molecule has 2 aromatic rings. The zero-order valence-corrected chi connectivity index (χ0v) is 46.1. The standard InChI is InChI=1S/2C8H14N4O.C6H12O.C5H13BO.C5H9N3.C5H13O2P.C5H12O2S.CH4/c1-6(13)5-12-7(8(2,3)4)9-10-11-12;1-6(13)5-12-10-7(9-11-12)8(2,3)4;1-5(7)6(2,3)4;1-5(2,3)6(4)7;1-4(2)5-6-3-7-8-5;2*1-5(2,3)8(4,6)7;/h2*5H2,1-4H3;1-4H3;7H,1-4H3;4H,3H2,1-2H3;1-4H3,(H,6,7);1-4H3;1H4. The molecule has 0 spiro atoms. The van der Waals surface area contributed by atoms with Crippen molar-refractivity contribution in [3.8, 4) is 0 Å². The quantitative estimate of drug-likeness (QED) is 0.210. The van der Waals surface area contributed by atoms with Crippen molar-refractivity contribution in [3.63, 3.8) is 0 Å². The number of azo groups is 1. The molecule has 3 heterocycles. The number of rotatable bonds is 5. The van der Waals surface area contributed by atoms with Crippen molar-refractivity contribution >= 4 is 47.3 Å². The Bertz CT molecular complexity index is 1930. The molecule has 1 unspecified atom stereocenters. The van der Waals surface area contributed by atoms with Crippen molar-refractivity contribution < 1.29 is 37.3 Å². The minimum atomic E-state index is -2.85. The molecule has 1 aliphatic heterocycles. The normalized spacial score (nSPS) is 13.5. The first-order valence-electron chi connectivity index (χ1n) is 21.1. The summed E-state index contributed by atoms with van der Waals surface area (Å²) in [6, 6.07) is 0. The van der Waals surface area contributed by atoms with Gasteiger partial charge in [-0.25, -0.2) is 18.1 Å². The highest BCUT2D eigenvalue weighted by atomic mass is 32.2. The molecule has 0 saturated carbocycles. The number of nitrogens with zero attached hydrogens (tertiary/aromatic N) is 11. The lowest BCUT2D eigenvalue weighted by atomic mass is 9.50. The van der Waals surface area contributed by atoms with Crippen molar-refractivity contribution in [1.82, 2.24) is 40.4 Å².